The number of methoxy groups -OCH3 is 1. The third-order valence-corrected chi connectivity index (χ3v) is 8.91. The molecule has 1 aromatic heterocycles. The monoisotopic (exact) mass is 602 g/mol. The normalized spacial score (nSPS) is 21.5. The molecule has 12 heteroatoms. The minimum atomic E-state index is -0.252. The van der Waals surface area contributed by atoms with E-state index in [9.17, 15) is 9.59 Å². The molecule has 42 heavy (non-hydrogen) atoms. The predicted molar refractivity (Wildman–Crippen MR) is 169 cm³/mol. The number of hydrogen-bond acceptors (Lipinski definition) is 10. The van der Waals surface area contributed by atoms with Crippen LogP contribution in [0.15, 0.2) is 11.2 Å². The molecule has 2 amide bonds. The summed E-state index contributed by atoms with van der Waals surface area (Å²) in [5, 5.41) is 7.97. The molecule has 4 rings (SSSR count). The summed E-state index contributed by atoms with van der Waals surface area (Å²) in [5.41, 5.74) is 0.219. The maximum Gasteiger partial charge on any atom is 0.259 e. The number of piperidine rings is 1. The van der Waals surface area contributed by atoms with Crippen LogP contribution in [0.25, 0.3) is 0 Å². The first-order valence-corrected chi connectivity index (χ1v) is 16.4. The summed E-state index contributed by atoms with van der Waals surface area (Å²) in [7, 11) is 1.68. The van der Waals surface area contributed by atoms with Crippen LogP contribution in [0.5, 0.6) is 0 Å². The standard InChI is InChI=1S/C30H50N8O3S/c1-21(2)20-38(27(40)24-19-34-28(30(3,4)5)35-25(24)32-8-7-14-41-6)23-16-22(17-31-18-23)26(39)36-10-12-37(13-11-36)29-33-9-15-42-29/h19,21-23,31H,7-18,20H2,1-6H3,(H,32,34,35)/t22-,23+/m1/s1. The zero-order valence-corrected chi connectivity index (χ0v) is 27.1. The molecule has 3 aliphatic heterocycles. The van der Waals surface area contributed by atoms with Crippen molar-refractivity contribution in [3.8, 4) is 0 Å². The zero-order chi connectivity index (χ0) is 30.3. The number of hydrogen-bond donors (Lipinski definition) is 2. The maximum absolute atomic E-state index is 14.2. The first-order valence-electron chi connectivity index (χ1n) is 15.4. The van der Waals surface area contributed by atoms with E-state index in [1.165, 1.54) is 0 Å². The van der Waals surface area contributed by atoms with E-state index in [2.05, 4.69) is 60.1 Å². The molecule has 2 fully saturated rings. The molecule has 0 unspecified atom stereocenters. The predicted octanol–water partition coefficient (Wildman–Crippen LogP) is 2.55. The fourth-order valence-corrected chi connectivity index (χ4v) is 6.55. The number of amides is 2. The number of aromatic nitrogens is 2. The van der Waals surface area contributed by atoms with Gasteiger partial charge in [0, 0.05) is 89.5 Å². The van der Waals surface area contributed by atoms with Gasteiger partial charge in [-0.05, 0) is 18.8 Å². The quantitative estimate of drug-likeness (QED) is 0.390. The van der Waals surface area contributed by atoms with Gasteiger partial charge < -0.3 is 30.1 Å². The van der Waals surface area contributed by atoms with Gasteiger partial charge in [-0.2, -0.15) is 0 Å². The van der Waals surface area contributed by atoms with Gasteiger partial charge in [-0.25, -0.2) is 9.97 Å². The van der Waals surface area contributed by atoms with Gasteiger partial charge in [0.05, 0.1) is 12.5 Å². The van der Waals surface area contributed by atoms with Crippen LogP contribution in [0.2, 0.25) is 0 Å². The van der Waals surface area contributed by atoms with Crippen molar-refractivity contribution >= 4 is 34.6 Å². The summed E-state index contributed by atoms with van der Waals surface area (Å²) in [5.74, 6) is 2.49. The van der Waals surface area contributed by atoms with E-state index in [4.69, 9.17) is 9.72 Å². The molecule has 4 heterocycles. The van der Waals surface area contributed by atoms with E-state index in [0.29, 0.717) is 69.5 Å². The Balaban J connectivity index is 1.48. The van der Waals surface area contributed by atoms with Crippen molar-refractivity contribution in [3.05, 3.63) is 17.6 Å². The molecular formula is C30H50N8O3S. The molecule has 0 aromatic carbocycles. The molecule has 0 saturated carbocycles. The highest BCUT2D eigenvalue weighted by Crippen LogP contribution is 2.26. The van der Waals surface area contributed by atoms with E-state index in [1.807, 2.05) is 21.6 Å². The lowest BCUT2D eigenvalue weighted by Gasteiger charge is -2.41. The summed E-state index contributed by atoms with van der Waals surface area (Å²) in [4.78, 5) is 48.2. The van der Waals surface area contributed by atoms with Crippen LogP contribution in [-0.4, -0.2) is 126 Å². The van der Waals surface area contributed by atoms with Crippen molar-refractivity contribution in [2.75, 3.05) is 83.7 Å². The number of carbonyl (C=O) groups excluding carboxylic acids is 2. The van der Waals surface area contributed by atoms with Crippen LogP contribution in [-0.2, 0) is 14.9 Å². The van der Waals surface area contributed by atoms with E-state index >= 15 is 0 Å². The Morgan fingerprint density at radius 3 is 2.62 bits per heavy atom. The van der Waals surface area contributed by atoms with Crippen molar-refractivity contribution in [1.29, 1.82) is 0 Å². The fourth-order valence-electron chi connectivity index (χ4n) is 5.64. The number of rotatable bonds is 10. The Labute approximate surface area is 255 Å². The van der Waals surface area contributed by atoms with Crippen molar-refractivity contribution in [1.82, 2.24) is 30.0 Å². The molecule has 0 radical (unpaired) electrons. The van der Waals surface area contributed by atoms with E-state index < -0.39 is 0 Å². The number of thioether (sulfide) groups is 1. The molecule has 3 aliphatic rings. The average Bonchev–Trinajstić information content (AvgIpc) is 3.52. The SMILES string of the molecule is COCCCNc1nc(C(C)(C)C)ncc1C(=O)N(CC(C)C)[C@@H]1CNC[C@H](C(=O)N2CCN(C3=NCCS3)CC2)C1. The smallest absolute Gasteiger partial charge is 0.259 e. The van der Waals surface area contributed by atoms with Crippen LogP contribution in [0, 0.1) is 11.8 Å². The lowest BCUT2D eigenvalue weighted by Crippen LogP contribution is -2.57. The number of ether oxygens (including phenoxy) is 1. The van der Waals surface area contributed by atoms with E-state index in [1.54, 1.807) is 13.3 Å². The minimum absolute atomic E-state index is 0.0956. The summed E-state index contributed by atoms with van der Waals surface area (Å²) >= 11 is 1.81. The number of aliphatic imine (C=N–C) groups is 1. The summed E-state index contributed by atoms with van der Waals surface area (Å²) in [6.45, 7) is 17.5. The van der Waals surface area contributed by atoms with Gasteiger partial charge in [-0.1, -0.05) is 46.4 Å². The second-order valence-corrected chi connectivity index (χ2v) is 14.0. The van der Waals surface area contributed by atoms with Crippen LogP contribution in [0.1, 0.15) is 63.6 Å². The molecule has 0 bridgehead atoms. The molecule has 234 valence electrons. The zero-order valence-electron chi connectivity index (χ0n) is 26.3. The lowest BCUT2D eigenvalue weighted by molar-refractivity contribution is -0.138. The Morgan fingerprint density at radius 1 is 1.21 bits per heavy atom. The second-order valence-electron chi connectivity index (χ2n) is 12.9. The highest BCUT2D eigenvalue weighted by molar-refractivity contribution is 8.14. The third kappa shape index (κ3) is 8.35. The second kappa shape index (κ2) is 14.8. The van der Waals surface area contributed by atoms with Crippen molar-refractivity contribution in [2.45, 2.75) is 58.9 Å². The Morgan fingerprint density at radius 2 is 1.98 bits per heavy atom. The lowest BCUT2D eigenvalue weighted by atomic mass is 9.92. The number of carbonyl (C=O) groups is 2. The molecular weight excluding hydrogens is 552 g/mol. The van der Waals surface area contributed by atoms with Gasteiger partial charge in [0.25, 0.3) is 5.91 Å². The first kappa shape index (κ1) is 32.5. The van der Waals surface area contributed by atoms with Crippen LogP contribution in [0.4, 0.5) is 5.82 Å². The number of nitrogens with one attached hydrogen (secondary N) is 2. The highest BCUT2D eigenvalue weighted by atomic mass is 32.2. The third-order valence-electron chi connectivity index (χ3n) is 7.88. The summed E-state index contributed by atoms with van der Waals surface area (Å²) in [6.07, 6.45) is 3.12. The fraction of sp³-hybridized carbons (Fsp3) is 0.767. The van der Waals surface area contributed by atoms with E-state index in [-0.39, 0.29) is 35.1 Å². The number of amidine groups is 1. The van der Waals surface area contributed by atoms with Gasteiger partial charge in [0.15, 0.2) is 5.17 Å². The molecule has 0 aliphatic carbocycles. The maximum atomic E-state index is 14.2. The van der Waals surface area contributed by atoms with Gasteiger partial charge >= 0.3 is 0 Å². The minimum Gasteiger partial charge on any atom is -0.385 e. The Bertz CT molecular complexity index is 1100. The highest BCUT2D eigenvalue weighted by Gasteiger charge is 2.37. The number of piperazine rings is 1. The van der Waals surface area contributed by atoms with Gasteiger partial charge in [-0.15, -0.1) is 0 Å². The molecule has 2 N–H and O–H groups in total. The van der Waals surface area contributed by atoms with Crippen LogP contribution >= 0.6 is 11.8 Å². The summed E-state index contributed by atoms with van der Waals surface area (Å²) in [6, 6.07) is -0.100. The summed E-state index contributed by atoms with van der Waals surface area (Å²) < 4.78 is 5.20. The molecule has 1 aromatic rings. The van der Waals surface area contributed by atoms with Crippen molar-refractivity contribution in [2.24, 2.45) is 16.8 Å². The number of nitrogens with zero attached hydrogens (tertiary/aromatic N) is 6. The number of anilines is 1. The Kier molecular flexibility index (Phi) is 11.5. The topological polar surface area (TPSA) is 115 Å². The van der Waals surface area contributed by atoms with Gasteiger partial charge in [0.2, 0.25) is 5.91 Å². The van der Waals surface area contributed by atoms with Crippen molar-refractivity contribution < 1.29 is 14.3 Å². The molecule has 0 spiro atoms. The first-order chi connectivity index (χ1) is 20.1. The van der Waals surface area contributed by atoms with Gasteiger partial charge in [0.1, 0.15) is 17.2 Å². The molecule has 2 saturated heterocycles. The van der Waals surface area contributed by atoms with Crippen LogP contribution < -0.4 is 10.6 Å². The van der Waals surface area contributed by atoms with Gasteiger partial charge in [-0.3, -0.25) is 14.6 Å². The average molecular weight is 603 g/mol. The van der Waals surface area contributed by atoms with Crippen molar-refractivity contribution in [3.63, 3.8) is 0 Å². The largest absolute Gasteiger partial charge is 0.385 e. The molecule has 11 nitrogen and oxygen atoms in total. The molecule has 2 atom stereocenters. The Hall–Kier alpha value is -2.44. The van der Waals surface area contributed by atoms with E-state index in [0.717, 1.165) is 37.0 Å². The van der Waals surface area contributed by atoms with Crippen LogP contribution in [0.3, 0.4) is 0 Å².